The van der Waals surface area contributed by atoms with Gasteiger partial charge in [-0.2, -0.15) is 4.98 Å². The van der Waals surface area contributed by atoms with Gasteiger partial charge in [-0.25, -0.2) is 18.6 Å². The Bertz CT molecular complexity index is 907. The average molecular weight is 406 g/mol. The fourth-order valence-corrected chi connectivity index (χ4v) is 3.23. The van der Waals surface area contributed by atoms with E-state index in [1.807, 2.05) is 0 Å². The molecule has 0 saturated carbocycles. The van der Waals surface area contributed by atoms with Crippen LogP contribution < -0.4 is 10.2 Å². The van der Waals surface area contributed by atoms with E-state index in [4.69, 9.17) is 4.74 Å². The number of aromatic nitrogens is 2. The molecule has 7 nitrogen and oxygen atoms in total. The van der Waals surface area contributed by atoms with Crippen molar-refractivity contribution in [2.75, 3.05) is 16.8 Å². The van der Waals surface area contributed by atoms with Crippen LogP contribution >= 0.6 is 0 Å². The van der Waals surface area contributed by atoms with E-state index in [1.165, 1.54) is 29.3 Å². The highest BCUT2D eigenvalue weighted by molar-refractivity contribution is 5.89. The minimum Gasteiger partial charge on any atom is -0.447 e. The van der Waals surface area contributed by atoms with Crippen LogP contribution in [0, 0.1) is 11.6 Å². The topological polar surface area (TPSA) is 87.6 Å². The zero-order valence-electron chi connectivity index (χ0n) is 16.7. The zero-order valence-corrected chi connectivity index (χ0v) is 16.7. The lowest BCUT2D eigenvalue weighted by Crippen LogP contribution is -2.41. The monoisotopic (exact) mass is 406 g/mol. The number of aliphatic hydroxyl groups excluding tert-OH is 1. The first-order chi connectivity index (χ1) is 13.7. The van der Waals surface area contributed by atoms with E-state index in [0.717, 1.165) is 0 Å². The number of halogens is 2. The molecule has 1 aliphatic rings. The van der Waals surface area contributed by atoms with Crippen LogP contribution in [0.3, 0.4) is 0 Å². The highest BCUT2D eigenvalue weighted by Gasteiger charge is 2.38. The number of aliphatic hydroxyl groups is 1. The quantitative estimate of drug-likeness (QED) is 0.760. The molecule has 2 N–H and O–H groups in total. The van der Waals surface area contributed by atoms with E-state index in [0.29, 0.717) is 5.56 Å². The molecule has 0 radical (unpaired) electrons. The molecule has 1 aromatic heterocycles. The highest BCUT2D eigenvalue weighted by atomic mass is 19.1. The molecule has 9 heteroatoms. The van der Waals surface area contributed by atoms with Crippen molar-refractivity contribution in [1.82, 2.24) is 9.97 Å². The number of hydrogen-bond acceptors (Lipinski definition) is 6. The van der Waals surface area contributed by atoms with E-state index < -0.39 is 35.9 Å². The summed E-state index contributed by atoms with van der Waals surface area (Å²) in [6.45, 7) is 6.85. The van der Waals surface area contributed by atoms with Crippen LogP contribution in [-0.2, 0) is 4.74 Å². The number of ether oxygens (including phenoxy) is 1. The summed E-state index contributed by atoms with van der Waals surface area (Å²) in [5.41, 5.74) is 0.455. The highest BCUT2D eigenvalue weighted by Crippen LogP contribution is 2.28. The molecule has 0 spiro atoms. The van der Waals surface area contributed by atoms with Gasteiger partial charge < -0.3 is 15.2 Å². The molecule has 2 aromatic rings. The lowest BCUT2D eigenvalue weighted by molar-refractivity contribution is 0.142. The Labute approximate surface area is 167 Å². The summed E-state index contributed by atoms with van der Waals surface area (Å²) in [7, 11) is 0. The number of amides is 1. The standard InChI is InChI=1S/C20H24F2N4O3/c1-10(2)13-7-16(22)14(8-15(13)21)11(3)24-19-23-6-5-18(25-19)26-17(12(4)27)9-29-20(26)28/h5-8,10-12,17,27H,9H2,1-4H3,(H,23,24,25)/t11-,12?,17?/m0/s1. The predicted octanol–water partition coefficient (Wildman–Crippen LogP) is 3.76. The lowest BCUT2D eigenvalue weighted by Gasteiger charge is -2.23. The van der Waals surface area contributed by atoms with Crippen molar-refractivity contribution < 1.29 is 23.4 Å². The largest absolute Gasteiger partial charge is 0.447 e. The third-order valence-corrected chi connectivity index (χ3v) is 4.90. The number of carbonyl (C=O) groups excluding carboxylic acids is 1. The van der Waals surface area contributed by atoms with Crippen LogP contribution in [0.1, 0.15) is 50.8 Å². The maximum Gasteiger partial charge on any atom is 0.416 e. The van der Waals surface area contributed by atoms with Gasteiger partial charge in [-0.1, -0.05) is 13.8 Å². The smallest absolute Gasteiger partial charge is 0.416 e. The Morgan fingerprint density at radius 2 is 1.86 bits per heavy atom. The number of rotatable bonds is 6. The summed E-state index contributed by atoms with van der Waals surface area (Å²) >= 11 is 0. The van der Waals surface area contributed by atoms with E-state index >= 15 is 0 Å². The van der Waals surface area contributed by atoms with Gasteiger partial charge in [0.1, 0.15) is 30.1 Å². The molecule has 1 saturated heterocycles. The molecule has 3 rings (SSSR count). The average Bonchev–Trinajstić information content (AvgIpc) is 3.05. The SMILES string of the molecule is CC(C)c1cc(F)c([C@H](C)Nc2nccc(N3C(=O)OCC3C(C)O)n2)cc1F. The van der Waals surface area contributed by atoms with Gasteiger partial charge in [0, 0.05) is 11.8 Å². The predicted molar refractivity (Wildman–Crippen MR) is 104 cm³/mol. The van der Waals surface area contributed by atoms with Crippen molar-refractivity contribution in [3.63, 3.8) is 0 Å². The van der Waals surface area contributed by atoms with Gasteiger partial charge in [0.15, 0.2) is 0 Å². The number of nitrogens with zero attached hydrogens (tertiary/aromatic N) is 3. The van der Waals surface area contributed by atoms with E-state index in [9.17, 15) is 18.7 Å². The second kappa shape index (κ2) is 8.28. The number of cyclic esters (lactones) is 1. The number of benzene rings is 1. The molecule has 0 aliphatic carbocycles. The molecule has 0 bridgehead atoms. The van der Waals surface area contributed by atoms with Gasteiger partial charge in [0.25, 0.3) is 0 Å². The first kappa shape index (κ1) is 20.9. The third kappa shape index (κ3) is 4.29. The first-order valence-corrected chi connectivity index (χ1v) is 9.41. The second-order valence-electron chi connectivity index (χ2n) is 7.41. The van der Waals surface area contributed by atoms with Crippen LogP contribution in [0.25, 0.3) is 0 Å². The molecule has 29 heavy (non-hydrogen) atoms. The zero-order chi connectivity index (χ0) is 21.3. The van der Waals surface area contributed by atoms with E-state index in [1.54, 1.807) is 27.7 Å². The molecule has 156 valence electrons. The van der Waals surface area contributed by atoms with Gasteiger partial charge in [-0.3, -0.25) is 4.90 Å². The molecule has 1 aromatic carbocycles. The molecule has 1 fully saturated rings. The van der Waals surface area contributed by atoms with Crippen molar-refractivity contribution >= 4 is 17.9 Å². The molecule has 2 unspecified atom stereocenters. The Morgan fingerprint density at radius 1 is 1.21 bits per heavy atom. The summed E-state index contributed by atoms with van der Waals surface area (Å²) in [5.74, 6) is -0.761. The van der Waals surface area contributed by atoms with Gasteiger partial charge in [0.05, 0.1) is 12.1 Å². The van der Waals surface area contributed by atoms with Crippen LogP contribution in [0.4, 0.5) is 25.3 Å². The Kier molecular flexibility index (Phi) is 5.97. The Hall–Kier alpha value is -2.81. The normalized spacial score (nSPS) is 18.7. The lowest BCUT2D eigenvalue weighted by atomic mass is 9.98. The van der Waals surface area contributed by atoms with E-state index in [2.05, 4.69) is 15.3 Å². The molecular weight excluding hydrogens is 382 g/mol. The second-order valence-corrected chi connectivity index (χ2v) is 7.41. The Balaban J connectivity index is 1.84. The van der Waals surface area contributed by atoms with Gasteiger partial charge in [-0.05, 0) is 43.5 Å². The van der Waals surface area contributed by atoms with Crippen molar-refractivity contribution in [3.8, 4) is 0 Å². The van der Waals surface area contributed by atoms with Crippen molar-refractivity contribution in [2.24, 2.45) is 0 Å². The molecule has 1 amide bonds. The first-order valence-electron chi connectivity index (χ1n) is 9.41. The van der Waals surface area contributed by atoms with Gasteiger partial charge in [0.2, 0.25) is 5.95 Å². The minimum absolute atomic E-state index is 0.0480. The van der Waals surface area contributed by atoms with Crippen molar-refractivity contribution in [3.05, 3.63) is 47.2 Å². The van der Waals surface area contributed by atoms with Crippen molar-refractivity contribution in [2.45, 2.75) is 51.8 Å². The number of nitrogens with one attached hydrogen (secondary N) is 1. The maximum atomic E-state index is 14.5. The summed E-state index contributed by atoms with van der Waals surface area (Å²) in [6, 6.07) is 2.69. The molecule has 2 heterocycles. The van der Waals surface area contributed by atoms with Crippen molar-refractivity contribution in [1.29, 1.82) is 0 Å². The Morgan fingerprint density at radius 3 is 2.52 bits per heavy atom. The summed E-state index contributed by atoms with van der Waals surface area (Å²) in [5, 5.41) is 12.8. The maximum absolute atomic E-state index is 14.5. The van der Waals surface area contributed by atoms with Crippen LogP contribution in [0.2, 0.25) is 0 Å². The molecule has 3 atom stereocenters. The van der Waals surface area contributed by atoms with Gasteiger partial charge in [-0.15, -0.1) is 0 Å². The summed E-state index contributed by atoms with van der Waals surface area (Å²) in [4.78, 5) is 21.7. The minimum atomic E-state index is -0.816. The summed E-state index contributed by atoms with van der Waals surface area (Å²) < 4.78 is 33.8. The summed E-state index contributed by atoms with van der Waals surface area (Å²) in [6.07, 6.45) is -0.00441. The molecular formula is C20H24F2N4O3. The van der Waals surface area contributed by atoms with E-state index in [-0.39, 0.29) is 29.9 Å². The van der Waals surface area contributed by atoms with Gasteiger partial charge >= 0.3 is 6.09 Å². The van der Waals surface area contributed by atoms with Crippen LogP contribution in [-0.4, -0.2) is 39.9 Å². The third-order valence-electron chi connectivity index (χ3n) is 4.90. The fourth-order valence-electron chi connectivity index (χ4n) is 3.23. The fraction of sp³-hybridized carbons (Fsp3) is 0.450. The van der Waals surface area contributed by atoms with Crippen LogP contribution in [0.5, 0.6) is 0 Å². The molecule has 1 aliphatic heterocycles. The number of anilines is 2. The van der Waals surface area contributed by atoms with Crippen LogP contribution in [0.15, 0.2) is 24.4 Å². The number of carbonyl (C=O) groups is 1. The number of hydrogen-bond donors (Lipinski definition) is 2.